The molecule has 2 amide bonds. The third-order valence-electron chi connectivity index (χ3n) is 4.28. The maximum atomic E-state index is 12.5. The molecule has 5 nitrogen and oxygen atoms in total. The van der Waals surface area contributed by atoms with Crippen LogP contribution in [0.1, 0.15) is 26.2 Å². The van der Waals surface area contributed by atoms with Crippen molar-refractivity contribution in [3.63, 3.8) is 0 Å². The molecule has 132 valence electrons. The van der Waals surface area contributed by atoms with Gasteiger partial charge in [-0.1, -0.05) is 23.2 Å². The first-order valence-electron chi connectivity index (χ1n) is 8.12. The molecule has 1 aromatic carbocycles. The van der Waals surface area contributed by atoms with Gasteiger partial charge < -0.3 is 10.2 Å². The van der Waals surface area contributed by atoms with Crippen LogP contribution in [0.25, 0.3) is 0 Å². The predicted molar refractivity (Wildman–Crippen MR) is 97.6 cm³/mol. The SMILES string of the molecule is CC(C(=O)N1CCCCC1)N(C)CC(=O)Nc1ccc(Cl)c(Cl)c1. The van der Waals surface area contributed by atoms with Gasteiger partial charge >= 0.3 is 0 Å². The first-order valence-corrected chi connectivity index (χ1v) is 8.88. The van der Waals surface area contributed by atoms with Gasteiger partial charge in [-0.15, -0.1) is 0 Å². The zero-order valence-corrected chi connectivity index (χ0v) is 15.5. The fourth-order valence-electron chi connectivity index (χ4n) is 2.70. The Balaban J connectivity index is 1.87. The molecule has 0 spiro atoms. The molecule has 0 bridgehead atoms. The third-order valence-corrected chi connectivity index (χ3v) is 5.02. The highest BCUT2D eigenvalue weighted by Gasteiger charge is 2.26. The molecule has 1 fully saturated rings. The van der Waals surface area contributed by atoms with Gasteiger partial charge in [0, 0.05) is 18.8 Å². The Morgan fingerprint density at radius 1 is 1.21 bits per heavy atom. The molecule has 1 aliphatic heterocycles. The number of hydrogen-bond acceptors (Lipinski definition) is 3. The van der Waals surface area contributed by atoms with E-state index in [4.69, 9.17) is 23.2 Å². The fraction of sp³-hybridized carbons (Fsp3) is 0.529. The highest BCUT2D eigenvalue weighted by molar-refractivity contribution is 6.42. The van der Waals surface area contributed by atoms with Crippen molar-refractivity contribution in [1.29, 1.82) is 0 Å². The summed E-state index contributed by atoms with van der Waals surface area (Å²) in [5.41, 5.74) is 0.581. The standard InChI is InChI=1S/C17H23Cl2N3O2/c1-12(17(24)22-8-4-3-5-9-22)21(2)11-16(23)20-13-6-7-14(18)15(19)10-13/h6-7,10,12H,3-5,8-9,11H2,1-2H3,(H,20,23). The second-order valence-electron chi connectivity index (χ2n) is 6.15. The summed E-state index contributed by atoms with van der Waals surface area (Å²) in [6.45, 7) is 3.59. The van der Waals surface area contributed by atoms with Crippen molar-refractivity contribution in [3.8, 4) is 0 Å². The van der Waals surface area contributed by atoms with Crippen molar-refractivity contribution in [1.82, 2.24) is 9.80 Å². The van der Waals surface area contributed by atoms with Gasteiger partial charge in [0.1, 0.15) is 0 Å². The van der Waals surface area contributed by atoms with Crippen molar-refractivity contribution in [2.45, 2.75) is 32.2 Å². The van der Waals surface area contributed by atoms with E-state index in [1.54, 1.807) is 30.1 Å². The van der Waals surface area contributed by atoms with Crippen LogP contribution in [-0.4, -0.2) is 54.3 Å². The van der Waals surface area contributed by atoms with Crippen LogP contribution >= 0.6 is 23.2 Å². The fourth-order valence-corrected chi connectivity index (χ4v) is 3.00. The Bertz CT molecular complexity index is 603. The van der Waals surface area contributed by atoms with Gasteiger partial charge in [-0.05, 0) is 51.4 Å². The Morgan fingerprint density at radius 2 is 1.88 bits per heavy atom. The number of nitrogens with zero attached hydrogens (tertiary/aromatic N) is 2. The molecule has 24 heavy (non-hydrogen) atoms. The van der Waals surface area contributed by atoms with Crippen LogP contribution in [0.15, 0.2) is 18.2 Å². The number of likely N-dealkylation sites (N-methyl/N-ethyl adjacent to an activating group) is 1. The van der Waals surface area contributed by atoms with Crippen LogP contribution in [0, 0.1) is 0 Å². The normalized spacial score (nSPS) is 16.1. The van der Waals surface area contributed by atoms with Crippen molar-refractivity contribution < 1.29 is 9.59 Å². The van der Waals surface area contributed by atoms with Gasteiger partial charge in [-0.2, -0.15) is 0 Å². The van der Waals surface area contributed by atoms with Gasteiger partial charge in [0.05, 0.1) is 22.6 Å². The quantitative estimate of drug-likeness (QED) is 0.863. The molecule has 1 atom stereocenters. The number of likely N-dealkylation sites (tertiary alicyclic amines) is 1. The van der Waals surface area contributed by atoms with E-state index in [1.165, 1.54) is 6.42 Å². The largest absolute Gasteiger partial charge is 0.341 e. The first-order chi connectivity index (χ1) is 11.4. The summed E-state index contributed by atoms with van der Waals surface area (Å²) in [6, 6.07) is 4.59. The minimum Gasteiger partial charge on any atom is -0.341 e. The summed E-state index contributed by atoms with van der Waals surface area (Å²) < 4.78 is 0. The zero-order chi connectivity index (χ0) is 17.7. The number of benzene rings is 1. The lowest BCUT2D eigenvalue weighted by Gasteiger charge is -2.32. The van der Waals surface area contributed by atoms with Crippen molar-refractivity contribution >= 4 is 40.7 Å². The molecule has 7 heteroatoms. The van der Waals surface area contributed by atoms with Crippen LogP contribution in [0.3, 0.4) is 0 Å². The summed E-state index contributed by atoms with van der Waals surface area (Å²) in [4.78, 5) is 28.3. The number of anilines is 1. The minimum absolute atomic E-state index is 0.0829. The van der Waals surface area contributed by atoms with Crippen LogP contribution < -0.4 is 5.32 Å². The van der Waals surface area contributed by atoms with E-state index in [0.29, 0.717) is 15.7 Å². The Morgan fingerprint density at radius 3 is 2.50 bits per heavy atom. The van der Waals surface area contributed by atoms with E-state index >= 15 is 0 Å². The maximum absolute atomic E-state index is 12.5. The van der Waals surface area contributed by atoms with Crippen LogP contribution in [0.5, 0.6) is 0 Å². The van der Waals surface area contributed by atoms with Crippen molar-refractivity contribution in [2.24, 2.45) is 0 Å². The second-order valence-corrected chi connectivity index (χ2v) is 6.97. The lowest BCUT2D eigenvalue weighted by molar-refractivity contribution is -0.137. The lowest BCUT2D eigenvalue weighted by Crippen LogP contribution is -2.49. The minimum atomic E-state index is -0.331. The number of rotatable bonds is 5. The summed E-state index contributed by atoms with van der Waals surface area (Å²) >= 11 is 11.8. The summed E-state index contributed by atoms with van der Waals surface area (Å²) in [6.07, 6.45) is 3.29. The van der Waals surface area contributed by atoms with Crippen LogP contribution in [-0.2, 0) is 9.59 Å². The van der Waals surface area contributed by atoms with E-state index in [0.717, 1.165) is 25.9 Å². The molecule has 1 N–H and O–H groups in total. The van der Waals surface area contributed by atoms with E-state index < -0.39 is 0 Å². The van der Waals surface area contributed by atoms with Gasteiger partial charge in [-0.3, -0.25) is 14.5 Å². The van der Waals surface area contributed by atoms with E-state index in [2.05, 4.69) is 5.32 Å². The Hall–Kier alpha value is -1.30. The van der Waals surface area contributed by atoms with Gasteiger partial charge in [-0.25, -0.2) is 0 Å². The number of halogens is 2. The zero-order valence-electron chi connectivity index (χ0n) is 14.0. The number of carbonyl (C=O) groups is 2. The second kappa shape index (κ2) is 8.70. The van der Waals surface area contributed by atoms with E-state index in [-0.39, 0.29) is 24.4 Å². The van der Waals surface area contributed by atoms with E-state index in [1.807, 2.05) is 11.8 Å². The molecule has 0 aliphatic carbocycles. The lowest BCUT2D eigenvalue weighted by atomic mass is 10.1. The van der Waals surface area contributed by atoms with Gasteiger partial charge in [0.25, 0.3) is 0 Å². The van der Waals surface area contributed by atoms with E-state index in [9.17, 15) is 9.59 Å². The number of carbonyl (C=O) groups excluding carboxylic acids is 2. The van der Waals surface area contributed by atoms with Gasteiger partial charge in [0.2, 0.25) is 11.8 Å². The van der Waals surface area contributed by atoms with Crippen molar-refractivity contribution in [3.05, 3.63) is 28.2 Å². The number of nitrogens with one attached hydrogen (secondary N) is 1. The highest BCUT2D eigenvalue weighted by Crippen LogP contribution is 2.25. The molecular formula is C17H23Cl2N3O2. The number of amides is 2. The average Bonchev–Trinajstić information content (AvgIpc) is 2.57. The molecule has 1 aromatic rings. The smallest absolute Gasteiger partial charge is 0.239 e. The first kappa shape index (κ1) is 19.0. The molecule has 1 heterocycles. The van der Waals surface area contributed by atoms with Crippen LogP contribution in [0.4, 0.5) is 5.69 Å². The van der Waals surface area contributed by atoms with Gasteiger partial charge in [0.15, 0.2) is 0 Å². The average molecular weight is 372 g/mol. The maximum Gasteiger partial charge on any atom is 0.239 e. The summed E-state index contributed by atoms with van der Waals surface area (Å²) in [5, 5.41) is 3.59. The molecule has 1 unspecified atom stereocenters. The van der Waals surface area contributed by atoms with Crippen LogP contribution in [0.2, 0.25) is 10.0 Å². The number of piperidine rings is 1. The topological polar surface area (TPSA) is 52.7 Å². The summed E-state index contributed by atoms with van der Waals surface area (Å²) in [5.74, 6) is -0.117. The third kappa shape index (κ3) is 5.10. The Kier molecular flexibility index (Phi) is 6.90. The molecule has 0 radical (unpaired) electrons. The Labute approximate surface area is 152 Å². The van der Waals surface area contributed by atoms with Crippen molar-refractivity contribution in [2.75, 3.05) is 32.0 Å². The number of hydrogen-bond donors (Lipinski definition) is 1. The molecule has 0 aromatic heterocycles. The monoisotopic (exact) mass is 371 g/mol. The molecular weight excluding hydrogens is 349 g/mol. The molecule has 2 rings (SSSR count). The summed E-state index contributed by atoms with van der Waals surface area (Å²) in [7, 11) is 1.78. The molecule has 1 aliphatic rings. The molecule has 0 saturated carbocycles. The highest BCUT2D eigenvalue weighted by atomic mass is 35.5. The predicted octanol–water partition coefficient (Wildman–Crippen LogP) is 3.26. The molecule has 1 saturated heterocycles.